The van der Waals surface area contributed by atoms with E-state index in [0.717, 1.165) is 11.8 Å². The Morgan fingerprint density at radius 1 is 1.39 bits per heavy atom. The van der Waals surface area contributed by atoms with Crippen molar-refractivity contribution in [2.24, 2.45) is 5.92 Å². The molecule has 2 rings (SSSR count). The highest BCUT2D eigenvalue weighted by Gasteiger charge is 2.37. The number of aliphatic carboxylic acids is 1. The zero-order valence-corrected chi connectivity index (χ0v) is 13.5. The Labute approximate surface area is 137 Å². The van der Waals surface area contributed by atoms with Crippen LogP contribution in [0.2, 0.25) is 0 Å². The Balaban J connectivity index is 2.05. The standard InChI is InChI=1S/C16H18FNO4S/c1-10(19)23-9-12-7-15(20)18(8-12)14(16(21)22)6-11-2-4-13(17)5-3-11/h2-5,12,14H,6-9H2,1H3,(H,21,22). The lowest BCUT2D eigenvalue weighted by atomic mass is 10.0. The Morgan fingerprint density at radius 2 is 2.04 bits per heavy atom. The minimum absolute atomic E-state index is 0.0167. The van der Waals surface area contributed by atoms with E-state index in [2.05, 4.69) is 0 Å². The fourth-order valence-corrected chi connectivity index (χ4v) is 3.32. The van der Waals surface area contributed by atoms with Gasteiger partial charge >= 0.3 is 5.97 Å². The molecule has 0 aromatic heterocycles. The maximum absolute atomic E-state index is 12.9. The van der Waals surface area contributed by atoms with E-state index in [1.807, 2.05) is 0 Å². The van der Waals surface area contributed by atoms with Crippen LogP contribution >= 0.6 is 11.8 Å². The highest BCUT2D eigenvalue weighted by atomic mass is 32.2. The Hall–Kier alpha value is -1.89. The maximum Gasteiger partial charge on any atom is 0.326 e. The summed E-state index contributed by atoms with van der Waals surface area (Å²) < 4.78 is 12.9. The number of hydrogen-bond donors (Lipinski definition) is 1. The molecule has 124 valence electrons. The lowest BCUT2D eigenvalue weighted by molar-refractivity contribution is -0.148. The first-order valence-corrected chi connectivity index (χ1v) is 8.25. The van der Waals surface area contributed by atoms with Gasteiger partial charge < -0.3 is 10.0 Å². The number of carboxylic acid groups (broad SMARTS) is 1. The molecule has 0 radical (unpaired) electrons. The van der Waals surface area contributed by atoms with Crippen LogP contribution in [0.1, 0.15) is 18.9 Å². The third kappa shape index (κ3) is 4.79. The van der Waals surface area contributed by atoms with Crippen molar-refractivity contribution in [1.29, 1.82) is 0 Å². The summed E-state index contributed by atoms with van der Waals surface area (Å²) in [6, 6.07) is 4.61. The fraction of sp³-hybridized carbons (Fsp3) is 0.438. The summed E-state index contributed by atoms with van der Waals surface area (Å²) in [6.07, 6.45) is 0.390. The average Bonchev–Trinajstić information content (AvgIpc) is 2.85. The fourth-order valence-electron chi connectivity index (χ4n) is 2.63. The summed E-state index contributed by atoms with van der Waals surface area (Å²) in [5.41, 5.74) is 0.660. The van der Waals surface area contributed by atoms with E-state index in [1.165, 1.54) is 36.1 Å². The lowest BCUT2D eigenvalue weighted by Crippen LogP contribution is -2.43. The van der Waals surface area contributed by atoms with E-state index >= 15 is 0 Å². The summed E-state index contributed by atoms with van der Waals surface area (Å²) >= 11 is 1.15. The second-order valence-electron chi connectivity index (χ2n) is 5.60. The first-order chi connectivity index (χ1) is 10.9. The second-order valence-corrected chi connectivity index (χ2v) is 6.80. The quantitative estimate of drug-likeness (QED) is 0.857. The van der Waals surface area contributed by atoms with Crippen LogP contribution in [0.5, 0.6) is 0 Å². The smallest absolute Gasteiger partial charge is 0.326 e. The molecule has 1 aliphatic rings. The number of halogens is 1. The first-order valence-electron chi connectivity index (χ1n) is 7.27. The van der Waals surface area contributed by atoms with Gasteiger partial charge in [0.1, 0.15) is 11.9 Å². The largest absolute Gasteiger partial charge is 0.480 e. The van der Waals surface area contributed by atoms with Crippen molar-refractivity contribution in [1.82, 2.24) is 4.90 Å². The molecule has 7 heteroatoms. The molecule has 1 saturated heterocycles. The Kier molecular flexibility index (Phi) is 5.76. The van der Waals surface area contributed by atoms with Crippen LogP contribution < -0.4 is 0 Å². The Bertz CT molecular complexity index is 605. The van der Waals surface area contributed by atoms with Crippen molar-refractivity contribution in [3.8, 4) is 0 Å². The number of nitrogens with zero attached hydrogens (tertiary/aromatic N) is 1. The number of carbonyl (C=O) groups excluding carboxylic acids is 2. The van der Waals surface area contributed by atoms with Crippen LogP contribution in [0.3, 0.4) is 0 Å². The molecule has 0 saturated carbocycles. The van der Waals surface area contributed by atoms with Gasteiger partial charge in [-0.25, -0.2) is 9.18 Å². The molecule has 2 unspecified atom stereocenters. The van der Waals surface area contributed by atoms with Gasteiger partial charge in [0.25, 0.3) is 0 Å². The van der Waals surface area contributed by atoms with Crippen molar-refractivity contribution >= 4 is 28.8 Å². The number of rotatable bonds is 6. The van der Waals surface area contributed by atoms with Gasteiger partial charge in [0.05, 0.1) is 0 Å². The van der Waals surface area contributed by atoms with Crippen LogP contribution in [0.25, 0.3) is 0 Å². The number of carbonyl (C=O) groups is 3. The number of amides is 1. The lowest BCUT2D eigenvalue weighted by Gasteiger charge is -2.25. The highest BCUT2D eigenvalue weighted by Crippen LogP contribution is 2.25. The number of likely N-dealkylation sites (tertiary alicyclic amines) is 1. The van der Waals surface area contributed by atoms with E-state index < -0.39 is 12.0 Å². The summed E-state index contributed by atoms with van der Waals surface area (Å²) in [5, 5.41) is 9.43. The normalized spacial score (nSPS) is 19.0. The van der Waals surface area contributed by atoms with Gasteiger partial charge in [0.15, 0.2) is 5.12 Å². The molecule has 0 aliphatic carbocycles. The van der Waals surface area contributed by atoms with E-state index in [9.17, 15) is 23.9 Å². The third-order valence-corrected chi connectivity index (χ3v) is 4.81. The second kappa shape index (κ2) is 7.59. The SMILES string of the molecule is CC(=O)SCC1CC(=O)N(C(Cc2ccc(F)cc2)C(=O)O)C1. The minimum atomic E-state index is -1.08. The van der Waals surface area contributed by atoms with Gasteiger partial charge in [0, 0.05) is 32.1 Å². The summed E-state index contributed by atoms with van der Waals surface area (Å²) in [6.45, 7) is 1.80. The van der Waals surface area contributed by atoms with E-state index in [0.29, 0.717) is 17.9 Å². The van der Waals surface area contributed by atoms with E-state index in [1.54, 1.807) is 0 Å². The van der Waals surface area contributed by atoms with Crippen LogP contribution in [0.4, 0.5) is 4.39 Å². The highest BCUT2D eigenvalue weighted by molar-refractivity contribution is 8.13. The van der Waals surface area contributed by atoms with Gasteiger partial charge in [0.2, 0.25) is 5.91 Å². The number of benzene rings is 1. The van der Waals surface area contributed by atoms with Crippen LogP contribution in [-0.2, 0) is 20.8 Å². The number of hydrogen-bond acceptors (Lipinski definition) is 4. The van der Waals surface area contributed by atoms with Gasteiger partial charge in [-0.2, -0.15) is 0 Å². The molecule has 1 N–H and O–H groups in total. The van der Waals surface area contributed by atoms with Crippen LogP contribution in [0.15, 0.2) is 24.3 Å². The summed E-state index contributed by atoms with van der Waals surface area (Å²) in [5.74, 6) is -1.19. The molecular weight excluding hydrogens is 321 g/mol. The Morgan fingerprint density at radius 3 is 2.61 bits per heavy atom. The monoisotopic (exact) mass is 339 g/mol. The van der Waals surface area contributed by atoms with E-state index in [4.69, 9.17) is 0 Å². The molecule has 1 aliphatic heterocycles. The van der Waals surface area contributed by atoms with Gasteiger partial charge in [-0.05, 0) is 23.6 Å². The number of thioether (sulfide) groups is 1. The summed E-state index contributed by atoms with van der Waals surface area (Å²) in [7, 11) is 0. The third-order valence-electron chi connectivity index (χ3n) is 3.76. The maximum atomic E-state index is 12.9. The van der Waals surface area contributed by atoms with Crippen molar-refractivity contribution in [3.63, 3.8) is 0 Å². The molecule has 23 heavy (non-hydrogen) atoms. The van der Waals surface area contributed by atoms with Crippen LogP contribution in [-0.4, -0.2) is 45.3 Å². The zero-order chi connectivity index (χ0) is 17.0. The molecule has 1 fully saturated rings. The number of carboxylic acids is 1. The predicted molar refractivity (Wildman–Crippen MR) is 84.5 cm³/mol. The summed E-state index contributed by atoms with van der Waals surface area (Å²) in [4.78, 5) is 36.0. The van der Waals surface area contributed by atoms with Crippen LogP contribution in [0, 0.1) is 11.7 Å². The molecule has 5 nitrogen and oxygen atoms in total. The van der Waals surface area contributed by atoms with Crippen molar-refractivity contribution in [2.75, 3.05) is 12.3 Å². The first kappa shape index (κ1) is 17.5. The molecule has 0 spiro atoms. The molecule has 2 atom stereocenters. The van der Waals surface area contributed by atoms with Gasteiger partial charge in [-0.15, -0.1) is 0 Å². The topological polar surface area (TPSA) is 74.7 Å². The van der Waals surface area contributed by atoms with Crippen molar-refractivity contribution in [3.05, 3.63) is 35.6 Å². The molecule has 1 heterocycles. The van der Waals surface area contributed by atoms with E-state index in [-0.39, 0.29) is 35.6 Å². The molecule has 1 aromatic rings. The molecule has 1 aromatic carbocycles. The minimum Gasteiger partial charge on any atom is -0.480 e. The van der Waals surface area contributed by atoms with Crippen molar-refractivity contribution in [2.45, 2.75) is 25.8 Å². The van der Waals surface area contributed by atoms with Crippen molar-refractivity contribution < 1.29 is 23.9 Å². The zero-order valence-electron chi connectivity index (χ0n) is 12.7. The van der Waals surface area contributed by atoms with Gasteiger partial charge in [-0.3, -0.25) is 9.59 Å². The molecular formula is C16H18FNO4S. The molecule has 0 bridgehead atoms. The van der Waals surface area contributed by atoms with Gasteiger partial charge in [-0.1, -0.05) is 23.9 Å². The predicted octanol–water partition coefficient (Wildman–Crippen LogP) is 1.95. The average molecular weight is 339 g/mol. The molecule has 1 amide bonds.